The molecule has 132 valence electrons. The predicted octanol–water partition coefficient (Wildman–Crippen LogP) is 3.84. The molecule has 4 nitrogen and oxygen atoms in total. The molecular weight excluding hydrogens is 310 g/mol. The maximum Gasteiger partial charge on any atom is 0.262 e. The van der Waals surface area contributed by atoms with Crippen LogP contribution in [0.4, 0.5) is 11.4 Å². The van der Waals surface area contributed by atoms with E-state index in [0.29, 0.717) is 0 Å². The van der Waals surface area contributed by atoms with Gasteiger partial charge in [0.15, 0.2) is 0 Å². The molecule has 0 fully saturated rings. The van der Waals surface area contributed by atoms with Crippen LogP contribution < -0.4 is 9.80 Å². The zero-order valence-electron chi connectivity index (χ0n) is 15.4. The lowest BCUT2D eigenvalue weighted by atomic mass is 10.0. The molecule has 0 N–H and O–H groups in total. The van der Waals surface area contributed by atoms with Crippen molar-refractivity contribution in [2.45, 2.75) is 26.9 Å². The number of hydrogen-bond acceptors (Lipinski definition) is 3. The number of hydrogen-bond donors (Lipinski definition) is 0. The molecule has 1 amide bonds. The van der Waals surface area contributed by atoms with Crippen molar-refractivity contribution in [2.75, 3.05) is 36.0 Å². The first-order valence-corrected chi connectivity index (χ1v) is 9.14. The maximum atomic E-state index is 13.1. The molecule has 4 heteroatoms. The van der Waals surface area contributed by atoms with Gasteiger partial charge in [0.1, 0.15) is 6.17 Å². The highest BCUT2D eigenvalue weighted by molar-refractivity contribution is 6.12. The first-order valence-electron chi connectivity index (χ1n) is 9.14. The second-order valence-corrected chi connectivity index (χ2v) is 6.38. The summed E-state index contributed by atoms with van der Waals surface area (Å²) in [5.41, 5.74) is 2.77. The Morgan fingerprint density at radius 1 is 0.960 bits per heavy atom. The topological polar surface area (TPSA) is 26.8 Å². The van der Waals surface area contributed by atoms with Crippen LogP contribution in [0.5, 0.6) is 0 Å². The van der Waals surface area contributed by atoms with Crippen molar-refractivity contribution in [3.05, 3.63) is 60.2 Å². The molecule has 1 atom stereocenters. The van der Waals surface area contributed by atoms with Gasteiger partial charge in [-0.2, -0.15) is 0 Å². The van der Waals surface area contributed by atoms with E-state index >= 15 is 0 Å². The van der Waals surface area contributed by atoms with E-state index < -0.39 is 0 Å². The summed E-state index contributed by atoms with van der Waals surface area (Å²) in [7, 11) is 0. The highest BCUT2D eigenvalue weighted by Gasteiger charge is 2.35. The number of carbonyl (C=O) groups excluding carboxylic acids is 1. The second kappa shape index (κ2) is 7.70. The fourth-order valence-electron chi connectivity index (χ4n) is 3.56. The van der Waals surface area contributed by atoms with E-state index in [0.717, 1.165) is 43.1 Å². The summed E-state index contributed by atoms with van der Waals surface area (Å²) < 4.78 is 0. The largest absolute Gasteiger partial charge is 0.349 e. The van der Waals surface area contributed by atoms with Crippen LogP contribution in [-0.4, -0.2) is 43.2 Å². The van der Waals surface area contributed by atoms with Gasteiger partial charge in [-0.05, 0) is 44.3 Å². The van der Waals surface area contributed by atoms with Crippen LogP contribution in [0.2, 0.25) is 0 Å². The van der Waals surface area contributed by atoms with E-state index in [1.54, 1.807) is 0 Å². The summed E-state index contributed by atoms with van der Waals surface area (Å²) in [5, 5.41) is 0. The Bertz CT molecular complexity index is 712. The third-order valence-corrected chi connectivity index (χ3v) is 5.07. The minimum absolute atomic E-state index is 0.0136. The van der Waals surface area contributed by atoms with Crippen LogP contribution in [0.25, 0.3) is 0 Å². The van der Waals surface area contributed by atoms with E-state index in [9.17, 15) is 4.79 Å². The van der Waals surface area contributed by atoms with Gasteiger partial charge in [0.05, 0.1) is 11.3 Å². The monoisotopic (exact) mass is 337 g/mol. The lowest BCUT2D eigenvalue weighted by Crippen LogP contribution is -2.55. The van der Waals surface area contributed by atoms with Gasteiger partial charge in [0, 0.05) is 18.8 Å². The molecule has 1 heterocycles. The zero-order chi connectivity index (χ0) is 17.8. The zero-order valence-corrected chi connectivity index (χ0v) is 15.4. The molecule has 0 aromatic heterocycles. The first kappa shape index (κ1) is 17.5. The summed E-state index contributed by atoms with van der Waals surface area (Å²) in [6.07, 6.45) is -0.0136. The Morgan fingerprint density at radius 2 is 1.60 bits per heavy atom. The molecule has 2 aromatic rings. The molecule has 0 spiro atoms. The molecular formula is C21H27N3O. The third-order valence-electron chi connectivity index (χ3n) is 5.07. The third kappa shape index (κ3) is 3.40. The minimum Gasteiger partial charge on any atom is -0.349 e. The molecule has 1 aliphatic rings. The second-order valence-electron chi connectivity index (χ2n) is 6.38. The SMILES string of the molecule is CCN(CC)CCN1c2ccccc2C(=O)N(c2ccccc2)C1C. The number of carbonyl (C=O) groups is 1. The molecule has 0 bridgehead atoms. The number of rotatable bonds is 6. The van der Waals surface area contributed by atoms with Crippen LogP contribution in [0.15, 0.2) is 54.6 Å². The predicted molar refractivity (Wildman–Crippen MR) is 104 cm³/mol. The first-order chi connectivity index (χ1) is 12.2. The Kier molecular flexibility index (Phi) is 5.39. The van der Waals surface area contributed by atoms with Crippen LogP contribution in [0.3, 0.4) is 0 Å². The lowest BCUT2D eigenvalue weighted by molar-refractivity contribution is 0.0971. The molecule has 1 aliphatic heterocycles. The van der Waals surface area contributed by atoms with Crippen molar-refractivity contribution in [3.63, 3.8) is 0 Å². The number of fused-ring (bicyclic) bond motifs is 1. The van der Waals surface area contributed by atoms with Crippen molar-refractivity contribution in [1.29, 1.82) is 0 Å². The van der Waals surface area contributed by atoms with E-state index in [1.807, 2.05) is 53.4 Å². The molecule has 1 unspecified atom stereocenters. The molecule has 0 radical (unpaired) electrons. The van der Waals surface area contributed by atoms with Gasteiger partial charge in [-0.25, -0.2) is 0 Å². The quantitative estimate of drug-likeness (QED) is 0.801. The summed E-state index contributed by atoms with van der Waals surface area (Å²) >= 11 is 0. The van der Waals surface area contributed by atoms with Gasteiger partial charge in [-0.3, -0.25) is 9.69 Å². The Labute approximate surface area is 150 Å². The number of nitrogens with zero attached hydrogens (tertiary/aromatic N) is 3. The van der Waals surface area contributed by atoms with Gasteiger partial charge in [0.2, 0.25) is 0 Å². The summed E-state index contributed by atoms with van der Waals surface area (Å²) in [6.45, 7) is 10.5. The number of anilines is 2. The van der Waals surface area contributed by atoms with Crippen LogP contribution in [0, 0.1) is 0 Å². The van der Waals surface area contributed by atoms with Crippen LogP contribution in [-0.2, 0) is 0 Å². The fraction of sp³-hybridized carbons (Fsp3) is 0.381. The summed E-state index contributed by atoms with van der Waals surface area (Å²) in [5.74, 6) is 0.0772. The van der Waals surface area contributed by atoms with Gasteiger partial charge < -0.3 is 9.80 Å². The van der Waals surface area contributed by atoms with Gasteiger partial charge in [-0.15, -0.1) is 0 Å². The highest BCUT2D eigenvalue weighted by atomic mass is 16.2. The van der Waals surface area contributed by atoms with E-state index in [4.69, 9.17) is 0 Å². The van der Waals surface area contributed by atoms with E-state index in [-0.39, 0.29) is 12.1 Å². The number of para-hydroxylation sites is 2. The van der Waals surface area contributed by atoms with Gasteiger partial charge >= 0.3 is 0 Å². The van der Waals surface area contributed by atoms with Gasteiger partial charge in [-0.1, -0.05) is 44.2 Å². The Hall–Kier alpha value is -2.33. The molecule has 2 aromatic carbocycles. The van der Waals surface area contributed by atoms with Crippen molar-refractivity contribution >= 4 is 17.3 Å². The molecule has 0 saturated carbocycles. The minimum atomic E-state index is -0.0136. The van der Waals surface area contributed by atoms with Crippen molar-refractivity contribution in [1.82, 2.24) is 4.90 Å². The van der Waals surface area contributed by atoms with Crippen LogP contribution in [0.1, 0.15) is 31.1 Å². The van der Waals surface area contributed by atoms with E-state index in [1.165, 1.54) is 0 Å². The normalized spacial score (nSPS) is 17.1. The van der Waals surface area contributed by atoms with E-state index in [2.05, 4.69) is 36.6 Å². The lowest BCUT2D eigenvalue weighted by Gasteiger charge is -2.44. The Balaban J connectivity index is 1.96. The molecule has 0 saturated heterocycles. The molecule has 0 aliphatic carbocycles. The smallest absolute Gasteiger partial charge is 0.262 e. The highest BCUT2D eigenvalue weighted by Crippen LogP contribution is 2.33. The number of likely N-dealkylation sites (N-methyl/N-ethyl adjacent to an activating group) is 1. The van der Waals surface area contributed by atoms with Crippen molar-refractivity contribution < 1.29 is 4.79 Å². The number of amides is 1. The molecule has 3 rings (SSSR count). The standard InChI is InChI=1S/C21H27N3O/c1-4-22(5-2)15-16-23-17(3)24(18-11-7-6-8-12-18)21(25)19-13-9-10-14-20(19)23/h6-14,17H,4-5,15-16H2,1-3H3. The fourth-order valence-corrected chi connectivity index (χ4v) is 3.56. The Morgan fingerprint density at radius 3 is 2.28 bits per heavy atom. The maximum absolute atomic E-state index is 13.1. The number of benzene rings is 2. The molecule has 25 heavy (non-hydrogen) atoms. The average molecular weight is 337 g/mol. The average Bonchev–Trinajstić information content (AvgIpc) is 2.66. The van der Waals surface area contributed by atoms with Gasteiger partial charge in [0.25, 0.3) is 5.91 Å². The van der Waals surface area contributed by atoms with Crippen LogP contribution >= 0.6 is 0 Å². The summed E-state index contributed by atoms with van der Waals surface area (Å²) in [4.78, 5) is 19.8. The van der Waals surface area contributed by atoms with Crippen molar-refractivity contribution in [3.8, 4) is 0 Å². The van der Waals surface area contributed by atoms with Crippen molar-refractivity contribution in [2.24, 2.45) is 0 Å². The summed E-state index contributed by atoms with van der Waals surface area (Å²) in [6, 6.07) is 17.9.